The maximum absolute atomic E-state index is 11.0. The van der Waals surface area contributed by atoms with E-state index in [0.717, 1.165) is 19.3 Å². The van der Waals surface area contributed by atoms with Gasteiger partial charge in [-0.3, -0.25) is 0 Å². The number of ether oxygens (including phenoxy) is 2. The number of hydrogen-bond acceptors (Lipinski definition) is 3. The molecule has 1 N–H and O–H groups in total. The highest BCUT2D eigenvalue weighted by molar-refractivity contribution is 5.72. The Labute approximate surface area is 119 Å². The number of fused-ring (bicyclic) bond motifs is 1. The highest BCUT2D eigenvalue weighted by Crippen LogP contribution is 2.32. The molecular formula is C16H22O4. The molecule has 0 heterocycles. The van der Waals surface area contributed by atoms with Crippen LogP contribution in [0.1, 0.15) is 43.4 Å². The van der Waals surface area contributed by atoms with Gasteiger partial charge in [0.2, 0.25) is 0 Å². The number of carboxylic acid groups (broad SMARTS) is 1. The van der Waals surface area contributed by atoms with E-state index < -0.39 is 12.1 Å². The number of hydrogen-bond donors (Lipinski definition) is 1. The molecule has 4 heteroatoms. The third-order valence-electron chi connectivity index (χ3n) is 3.66. The molecular weight excluding hydrogens is 256 g/mol. The van der Waals surface area contributed by atoms with Gasteiger partial charge in [-0.15, -0.1) is 0 Å². The van der Waals surface area contributed by atoms with E-state index in [1.54, 1.807) is 6.92 Å². The zero-order valence-electron chi connectivity index (χ0n) is 11.9. The summed E-state index contributed by atoms with van der Waals surface area (Å²) in [5.74, 6) is -0.917. The topological polar surface area (TPSA) is 55.8 Å². The lowest BCUT2D eigenvalue weighted by atomic mass is 9.89. The second kappa shape index (κ2) is 7.41. The van der Waals surface area contributed by atoms with Crippen LogP contribution >= 0.6 is 0 Å². The maximum atomic E-state index is 11.0. The third kappa shape index (κ3) is 3.81. The van der Waals surface area contributed by atoms with Crippen LogP contribution in [0.5, 0.6) is 0 Å². The molecule has 2 atom stereocenters. The van der Waals surface area contributed by atoms with E-state index in [1.165, 1.54) is 11.1 Å². The van der Waals surface area contributed by atoms with Gasteiger partial charge in [0, 0.05) is 13.0 Å². The quantitative estimate of drug-likeness (QED) is 0.833. The number of carbonyl (C=O) groups is 1. The first-order chi connectivity index (χ1) is 9.72. The molecule has 1 aliphatic rings. The molecule has 110 valence electrons. The molecule has 0 fully saturated rings. The molecule has 0 amide bonds. The fourth-order valence-electron chi connectivity index (χ4n) is 2.68. The lowest BCUT2D eigenvalue weighted by molar-refractivity contribution is -0.151. The van der Waals surface area contributed by atoms with Crippen molar-refractivity contribution in [3.05, 3.63) is 35.4 Å². The Kier molecular flexibility index (Phi) is 5.56. The molecule has 0 spiro atoms. The predicted molar refractivity (Wildman–Crippen MR) is 75.7 cm³/mol. The van der Waals surface area contributed by atoms with E-state index in [2.05, 4.69) is 18.2 Å². The van der Waals surface area contributed by atoms with Crippen molar-refractivity contribution in [2.24, 2.45) is 0 Å². The molecule has 1 aromatic carbocycles. The van der Waals surface area contributed by atoms with Gasteiger partial charge in [-0.1, -0.05) is 24.3 Å². The summed E-state index contributed by atoms with van der Waals surface area (Å²) in [5.41, 5.74) is 2.60. The summed E-state index contributed by atoms with van der Waals surface area (Å²) in [6.07, 6.45) is 2.95. The van der Waals surface area contributed by atoms with E-state index >= 15 is 0 Å². The SMILES string of the molecule is CCOC(CCOC1CCCc2ccccc21)C(=O)O. The minimum Gasteiger partial charge on any atom is -0.479 e. The average molecular weight is 278 g/mol. The van der Waals surface area contributed by atoms with Crippen molar-refractivity contribution in [2.75, 3.05) is 13.2 Å². The van der Waals surface area contributed by atoms with Crippen LogP contribution in [0.3, 0.4) is 0 Å². The summed E-state index contributed by atoms with van der Waals surface area (Å²) >= 11 is 0. The van der Waals surface area contributed by atoms with Crippen molar-refractivity contribution in [1.82, 2.24) is 0 Å². The lowest BCUT2D eigenvalue weighted by Gasteiger charge is -2.26. The first-order valence-corrected chi connectivity index (χ1v) is 7.26. The Balaban J connectivity index is 1.87. The van der Waals surface area contributed by atoms with Crippen molar-refractivity contribution in [3.8, 4) is 0 Å². The van der Waals surface area contributed by atoms with E-state index in [0.29, 0.717) is 19.6 Å². The van der Waals surface area contributed by atoms with Crippen LogP contribution < -0.4 is 0 Å². The average Bonchev–Trinajstić information content (AvgIpc) is 2.46. The van der Waals surface area contributed by atoms with Gasteiger partial charge in [-0.25, -0.2) is 4.79 Å². The van der Waals surface area contributed by atoms with Crippen molar-refractivity contribution in [3.63, 3.8) is 0 Å². The third-order valence-corrected chi connectivity index (χ3v) is 3.66. The molecule has 0 saturated heterocycles. The fourth-order valence-corrected chi connectivity index (χ4v) is 2.68. The van der Waals surface area contributed by atoms with Crippen LogP contribution in [0, 0.1) is 0 Å². The summed E-state index contributed by atoms with van der Waals surface area (Å²) in [7, 11) is 0. The maximum Gasteiger partial charge on any atom is 0.332 e. The van der Waals surface area contributed by atoms with Crippen LogP contribution in [-0.4, -0.2) is 30.4 Å². The Morgan fingerprint density at radius 1 is 1.45 bits per heavy atom. The Morgan fingerprint density at radius 3 is 3.00 bits per heavy atom. The summed E-state index contributed by atoms with van der Waals surface area (Å²) in [4.78, 5) is 11.0. The second-order valence-corrected chi connectivity index (χ2v) is 5.02. The van der Waals surface area contributed by atoms with Gasteiger partial charge >= 0.3 is 5.97 Å². The van der Waals surface area contributed by atoms with Crippen LogP contribution in [0.15, 0.2) is 24.3 Å². The number of rotatable bonds is 7. The van der Waals surface area contributed by atoms with Gasteiger partial charge < -0.3 is 14.6 Å². The standard InChI is InChI=1S/C16H22O4/c1-2-19-15(16(17)18)10-11-20-14-9-5-7-12-6-3-4-8-13(12)14/h3-4,6,8,14-15H,2,5,7,9-11H2,1H3,(H,17,18). The lowest BCUT2D eigenvalue weighted by Crippen LogP contribution is -2.26. The highest BCUT2D eigenvalue weighted by atomic mass is 16.5. The smallest absolute Gasteiger partial charge is 0.332 e. The van der Waals surface area contributed by atoms with Crippen molar-refractivity contribution >= 4 is 5.97 Å². The number of carboxylic acids is 1. The van der Waals surface area contributed by atoms with Crippen LogP contribution in [0.2, 0.25) is 0 Å². The van der Waals surface area contributed by atoms with Gasteiger partial charge in [-0.05, 0) is 37.3 Å². The molecule has 1 aliphatic carbocycles. The van der Waals surface area contributed by atoms with E-state index in [9.17, 15) is 4.79 Å². The van der Waals surface area contributed by atoms with E-state index in [1.807, 2.05) is 6.07 Å². The Hall–Kier alpha value is -1.39. The minimum absolute atomic E-state index is 0.0935. The van der Waals surface area contributed by atoms with Gasteiger partial charge in [0.25, 0.3) is 0 Å². The number of aryl methyl sites for hydroxylation is 1. The molecule has 1 aromatic rings. The summed E-state index contributed by atoms with van der Waals surface area (Å²) in [6.45, 7) is 2.62. The molecule has 0 bridgehead atoms. The molecule has 20 heavy (non-hydrogen) atoms. The van der Waals surface area contributed by atoms with Crippen LogP contribution in [0.4, 0.5) is 0 Å². The normalized spacial score (nSPS) is 19.4. The molecule has 2 unspecified atom stereocenters. The zero-order chi connectivity index (χ0) is 14.4. The molecule has 0 aromatic heterocycles. The van der Waals surface area contributed by atoms with E-state index in [4.69, 9.17) is 14.6 Å². The van der Waals surface area contributed by atoms with Gasteiger partial charge in [0.1, 0.15) is 0 Å². The van der Waals surface area contributed by atoms with Crippen molar-refractivity contribution in [1.29, 1.82) is 0 Å². The number of aliphatic carboxylic acids is 1. The second-order valence-electron chi connectivity index (χ2n) is 5.02. The largest absolute Gasteiger partial charge is 0.479 e. The monoisotopic (exact) mass is 278 g/mol. The Morgan fingerprint density at radius 2 is 2.25 bits per heavy atom. The first kappa shape index (κ1) is 15.0. The van der Waals surface area contributed by atoms with Crippen LogP contribution in [0.25, 0.3) is 0 Å². The summed E-state index contributed by atoms with van der Waals surface area (Å²) in [6, 6.07) is 8.33. The first-order valence-electron chi connectivity index (χ1n) is 7.26. The van der Waals surface area contributed by atoms with Crippen molar-refractivity contribution in [2.45, 2.75) is 44.8 Å². The predicted octanol–water partition coefficient (Wildman–Crippen LogP) is 2.96. The molecule has 0 radical (unpaired) electrons. The highest BCUT2D eigenvalue weighted by Gasteiger charge is 2.22. The molecule has 4 nitrogen and oxygen atoms in total. The van der Waals surface area contributed by atoms with Gasteiger partial charge in [0.15, 0.2) is 6.10 Å². The van der Waals surface area contributed by atoms with Gasteiger partial charge in [-0.2, -0.15) is 0 Å². The Bertz CT molecular complexity index is 444. The molecule has 2 rings (SSSR count). The number of benzene rings is 1. The minimum atomic E-state index is -0.917. The van der Waals surface area contributed by atoms with E-state index in [-0.39, 0.29) is 6.10 Å². The molecule has 0 aliphatic heterocycles. The summed E-state index contributed by atoms with van der Waals surface area (Å²) in [5, 5.41) is 9.02. The van der Waals surface area contributed by atoms with Crippen LogP contribution in [-0.2, 0) is 20.7 Å². The van der Waals surface area contributed by atoms with Gasteiger partial charge in [0.05, 0.1) is 12.7 Å². The molecule has 0 saturated carbocycles. The zero-order valence-corrected chi connectivity index (χ0v) is 11.9. The fraction of sp³-hybridized carbons (Fsp3) is 0.562. The van der Waals surface area contributed by atoms with Crippen molar-refractivity contribution < 1.29 is 19.4 Å². The summed E-state index contributed by atoms with van der Waals surface area (Å²) < 4.78 is 11.1.